The van der Waals surface area contributed by atoms with Gasteiger partial charge >= 0.3 is 0 Å². The second-order valence-corrected chi connectivity index (χ2v) is 5.92. The summed E-state index contributed by atoms with van der Waals surface area (Å²) in [5, 5.41) is 0. The summed E-state index contributed by atoms with van der Waals surface area (Å²) in [4.78, 5) is 14.7. The highest BCUT2D eigenvalue weighted by molar-refractivity contribution is 9.10. The highest BCUT2D eigenvalue weighted by Crippen LogP contribution is 2.27. The fourth-order valence-corrected chi connectivity index (χ4v) is 3.04. The van der Waals surface area contributed by atoms with E-state index < -0.39 is 0 Å². The fraction of sp³-hybridized carbons (Fsp3) is 0.214. The lowest BCUT2D eigenvalue weighted by Gasteiger charge is -2.15. The molecule has 19 heavy (non-hydrogen) atoms. The van der Waals surface area contributed by atoms with E-state index in [9.17, 15) is 4.79 Å². The van der Waals surface area contributed by atoms with Crippen molar-refractivity contribution in [2.75, 3.05) is 12.8 Å². The van der Waals surface area contributed by atoms with Crippen molar-refractivity contribution < 1.29 is 9.21 Å². The third kappa shape index (κ3) is 4.14. The summed E-state index contributed by atoms with van der Waals surface area (Å²) in [6.07, 6.45) is 1.61. The van der Waals surface area contributed by atoms with Crippen molar-refractivity contribution in [1.29, 1.82) is 0 Å². The highest BCUT2D eigenvalue weighted by atomic mass is 79.9. The molecule has 3 nitrogen and oxygen atoms in total. The van der Waals surface area contributed by atoms with Gasteiger partial charge in [0.05, 0.1) is 18.6 Å². The Kier molecular flexibility index (Phi) is 5.10. The first-order chi connectivity index (χ1) is 9.16. The van der Waals surface area contributed by atoms with Crippen molar-refractivity contribution in [3.63, 3.8) is 0 Å². The standard InChI is InChI=1S/C14H14BrNO2S/c1-16(9-11-5-4-8-18-11)14(17)10-19-13-7-3-2-6-12(13)15/h2-8H,9-10H2,1H3. The van der Waals surface area contributed by atoms with Crippen molar-refractivity contribution >= 4 is 33.6 Å². The molecule has 5 heteroatoms. The maximum absolute atomic E-state index is 12.0. The van der Waals surface area contributed by atoms with Crippen molar-refractivity contribution in [2.45, 2.75) is 11.4 Å². The van der Waals surface area contributed by atoms with Crippen molar-refractivity contribution in [2.24, 2.45) is 0 Å². The minimum Gasteiger partial charge on any atom is -0.467 e. The lowest BCUT2D eigenvalue weighted by atomic mass is 10.4. The molecule has 2 aromatic rings. The van der Waals surface area contributed by atoms with E-state index in [4.69, 9.17) is 4.42 Å². The molecule has 2 rings (SSSR count). The summed E-state index contributed by atoms with van der Waals surface area (Å²) >= 11 is 5.00. The van der Waals surface area contributed by atoms with Crippen LogP contribution in [0.2, 0.25) is 0 Å². The van der Waals surface area contributed by atoms with Crippen molar-refractivity contribution in [1.82, 2.24) is 4.90 Å². The number of hydrogen-bond donors (Lipinski definition) is 0. The average Bonchev–Trinajstić information content (AvgIpc) is 2.90. The number of halogens is 1. The minimum atomic E-state index is 0.0807. The van der Waals surface area contributed by atoms with Crippen LogP contribution in [0.5, 0.6) is 0 Å². The van der Waals surface area contributed by atoms with Gasteiger partial charge in [0.1, 0.15) is 5.76 Å². The molecular formula is C14H14BrNO2S. The van der Waals surface area contributed by atoms with Crippen LogP contribution < -0.4 is 0 Å². The van der Waals surface area contributed by atoms with Crippen LogP contribution in [-0.2, 0) is 11.3 Å². The van der Waals surface area contributed by atoms with Crippen LogP contribution in [0.15, 0.2) is 56.4 Å². The van der Waals surface area contributed by atoms with Gasteiger partial charge in [-0.2, -0.15) is 0 Å². The van der Waals surface area contributed by atoms with Crippen LogP contribution in [0, 0.1) is 0 Å². The summed E-state index contributed by atoms with van der Waals surface area (Å²) in [6, 6.07) is 11.6. The van der Waals surface area contributed by atoms with Crippen LogP contribution >= 0.6 is 27.7 Å². The molecule has 0 saturated heterocycles. The van der Waals surface area contributed by atoms with Gasteiger partial charge in [0, 0.05) is 16.4 Å². The first kappa shape index (κ1) is 14.2. The maximum atomic E-state index is 12.0. The Morgan fingerprint density at radius 1 is 1.32 bits per heavy atom. The van der Waals surface area contributed by atoms with Gasteiger partial charge in [-0.15, -0.1) is 11.8 Å². The zero-order valence-corrected chi connectivity index (χ0v) is 12.9. The van der Waals surface area contributed by atoms with Crippen molar-refractivity contribution in [3.8, 4) is 0 Å². The largest absolute Gasteiger partial charge is 0.467 e. The molecule has 1 heterocycles. The van der Waals surface area contributed by atoms with E-state index in [1.807, 2.05) is 36.4 Å². The topological polar surface area (TPSA) is 33.5 Å². The Labute approximate surface area is 125 Å². The van der Waals surface area contributed by atoms with E-state index in [0.29, 0.717) is 12.3 Å². The molecule has 0 aliphatic carbocycles. The molecule has 0 unspecified atom stereocenters. The van der Waals surface area contributed by atoms with Crippen molar-refractivity contribution in [3.05, 3.63) is 52.9 Å². The summed E-state index contributed by atoms with van der Waals surface area (Å²) in [6.45, 7) is 0.502. The summed E-state index contributed by atoms with van der Waals surface area (Å²) in [5.74, 6) is 1.29. The lowest BCUT2D eigenvalue weighted by Crippen LogP contribution is -2.27. The Morgan fingerprint density at radius 3 is 2.79 bits per heavy atom. The number of carbonyl (C=O) groups is 1. The number of carbonyl (C=O) groups excluding carboxylic acids is 1. The number of benzene rings is 1. The van der Waals surface area contributed by atoms with Gasteiger partial charge in [-0.1, -0.05) is 12.1 Å². The van der Waals surface area contributed by atoms with Gasteiger partial charge in [-0.05, 0) is 40.2 Å². The second-order valence-electron chi connectivity index (χ2n) is 4.05. The van der Waals surface area contributed by atoms with E-state index in [0.717, 1.165) is 15.1 Å². The molecule has 0 N–H and O–H groups in total. The molecule has 0 saturated carbocycles. The number of rotatable bonds is 5. The van der Waals surface area contributed by atoms with Crippen LogP contribution in [-0.4, -0.2) is 23.6 Å². The van der Waals surface area contributed by atoms with Crippen LogP contribution in [0.1, 0.15) is 5.76 Å². The minimum absolute atomic E-state index is 0.0807. The molecule has 1 aromatic heterocycles. The van der Waals surface area contributed by atoms with E-state index in [1.165, 1.54) is 11.8 Å². The van der Waals surface area contributed by atoms with Crippen LogP contribution in [0.4, 0.5) is 0 Å². The first-order valence-electron chi connectivity index (χ1n) is 5.80. The predicted octanol–water partition coefficient (Wildman–Crippen LogP) is 3.79. The second kappa shape index (κ2) is 6.82. The molecule has 1 amide bonds. The van der Waals surface area contributed by atoms with Gasteiger partial charge < -0.3 is 9.32 Å². The number of nitrogens with zero attached hydrogens (tertiary/aromatic N) is 1. The molecular weight excluding hydrogens is 326 g/mol. The van der Waals surface area contributed by atoms with E-state index >= 15 is 0 Å². The fourth-order valence-electron chi connectivity index (χ4n) is 1.54. The molecule has 100 valence electrons. The number of furan rings is 1. The Bertz CT molecular complexity index is 542. The third-order valence-corrected chi connectivity index (χ3v) is 4.60. The first-order valence-corrected chi connectivity index (χ1v) is 7.58. The third-order valence-electron chi connectivity index (χ3n) is 2.59. The number of thioether (sulfide) groups is 1. The number of hydrogen-bond acceptors (Lipinski definition) is 3. The van der Waals surface area contributed by atoms with Crippen LogP contribution in [0.25, 0.3) is 0 Å². The van der Waals surface area contributed by atoms with Gasteiger partial charge in [0.25, 0.3) is 0 Å². The molecule has 0 fully saturated rings. The smallest absolute Gasteiger partial charge is 0.233 e. The average molecular weight is 340 g/mol. The monoisotopic (exact) mass is 339 g/mol. The molecule has 0 bridgehead atoms. The van der Waals surface area contributed by atoms with E-state index in [1.54, 1.807) is 18.2 Å². The van der Waals surface area contributed by atoms with Crippen LogP contribution in [0.3, 0.4) is 0 Å². The Morgan fingerprint density at radius 2 is 2.11 bits per heavy atom. The summed E-state index contributed by atoms with van der Waals surface area (Å²) in [5.41, 5.74) is 0. The maximum Gasteiger partial charge on any atom is 0.233 e. The van der Waals surface area contributed by atoms with E-state index in [-0.39, 0.29) is 5.91 Å². The molecule has 0 aliphatic heterocycles. The normalized spacial score (nSPS) is 10.4. The zero-order chi connectivity index (χ0) is 13.7. The summed E-state index contributed by atoms with van der Waals surface area (Å²) < 4.78 is 6.24. The predicted molar refractivity (Wildman–Crippen MR) is 80.0 cm³/mol. The Hall–Kier alpha value is -1.20. The number of amides is 1. The highest BCUT2D eigenvalue weighted by Gasteiger charge is 2.11. The zero-order valence-electron chi connectivity index (χ0n) is 10.5. The SMILES string of the molecule is CN(Cc1ccco1)C(=O)CSc1ccccc1Br. The van der Waals surface area contributed by atoms with Gasteiger partial charge in [-0.25, -0.2) is 0 Å². The van der Waals surface area contributed by atoms with Gasteiger partial charge in [-0.3, -0.25) is 4.79 Å². The van der Waals surface area contributed by atoms with Gasteiger partial charge in [0.2, 0.25) is 5.91 Å². The Balaban J connectivity index is 1.86. The molecule has 0 atom stereocenters. The molecule has 0 aliphatic rings. The van der Waals surface area contributed by atoms with Gasteiger partial charge in [0.15, 0.2) is 0 Å². The molecule has 0 spiro atoms. The quantitative estimate of drug-likeness (QED) is 0.777. The lowest BCUT2D eigenvalue weighted by molar-refractivity contribution is -0.127. The molecule has 1 aromatic carbocycles. The van der Waals surface area contributed by atoms with E-state index in [2.05, 4.69) is 15.9 Å². The molecule has 0 radical (unpaired) electrons. The summed E-state index contributed by atoms with van der Waals surface area (Å²) in [7, 11) is 1.78.